The number of anilines is 1. The fraction of sp³-hybridized carbons (Fsp3) is 0.724. The minimum absolute atomic E-state index is 0.104. The second-order valence-corrected chi connectivity index (χ2v) is 12.5. The molecule has 5 nitrogen and oxygen atoms in total. The smallest absolute Gasteiger partial charge is 0.172 e. The first-order valence-electron chi connectivity index (χ1n) is 12.9. The summed E-state index contributed by atoms with van der Waals surface area (Å²) >= 11 is 0. The molecule has 0 unspecified atom stereocenters. The van der Waals surface area contributed by atoms with Crippen LogP contribution in [0.3, 0.4) is 0 Å². The maximum Gasteiger partial charge on any atom is 0.172 e. The summed E-state index contributed by atoms with van der Waals surface area (Å²) in [5.74, 6) is -0.421. The van der Waals surface area contributed by atoms with Gasteiger partial charge in [-0.2, -0.15) is 0 Å². The lowest BCUT2D eigenvalue weighted by Crippen LogP contribution is -2.48. The quantitative estimate of drug-likeness (QED) is 0.433. The van der Waals surface area contributed by atoms with Gasteiger partial charge in [-0.05, 0) is 71.2 Å². The van der Waals surface area contributed by atoms with E-state index >= 15 is 0 Å². The number of benzene rings is 1. The Kier molecular flexibility index (Phi) is 8.55. The lowest BCUT2D eigenvalue weighted by Gasteiger charge is -2.45. The predicted octanol–water partition coefficient (Wildman–Crippen LogP) is 6.46. The number of nitrogens with zero attached hydrogens (tertiary/aromatic N) is 1. The second-order valence-electron chi connectivity index (χ2n) is 12.5. The first kappa shape index (κ1) is 27.2. The first-order chi connectivity index (χ1) is 15.8. The Bertz CT molecular complexity index is 784. The zero-order chi connectivity index (χ0) is 25.0. The fourth-order valence-corrected chi connectivity index (χ4v) is 4.25. The van der Waals surface area contributed by atoms with E-state index in [-0.39, 0.29) is 16.6 Å². The van der Waals surface area contributed by atoms with Gasteiger partial charge in [0.25, 0.3) is 0 Å². The molecule has 192 valence electrons. The fourth-order valence-electron chi connectivity index (χ4n) is 4.25. The topological polar surface area (TPSA) is 40.2 Å². The van der Waals surface area contributed by atoms with Crippen LogP contribution in [0.1, 0.15) is 80.2 Å². The molecule has 0 bridgehead atoms. The van der Waals surface area contributed by atoms with Crippen molar-refractivity contribution in [2.45, 2.75) is 91.6 Å². The van der Waals surface area contributed by atoms with Gasteiger partial charge in [0.2, 0.25) is 0 Å². The van der Waals surface area contributed by atoms with Crippen LogP contribution in [0.4, 0.5) is 5.69 Å². The largest absolute Gasteiger partial charge is 0.374 e. The predicted molar refractivity (Wildman–Crippen MR) is 140 cm³/mol. The third kappa shape index (κ3) is 8.37. The van der Waals surface area contributed by atoms with Gasteiger partial charge in [0.05, 0.1) is 37.6 Å². The van der Waals surface area contributed by atoms with Crippen molar-refractivity contribution in [3.8, 4) is 0 Å². The van der Waals surface area contributed by atoms with Gasteiger partial charge >= 0.3 is 0 Å². The van der Waals surface area contributed by atoms with Gasteiger partial charge in [-0.1, -0.05) is 32.1 Å². The van der Waals surface area contributed by atoms with E-state index in [2.05, 4.69) is 90.6 Å². The third-order valence-electron chi connectivity index (χ3n) is 6.28. The first-order valence-corrected chi connectivity index (χ1v) is 12.9. The highest BCUT2D eigenvalue weighted by atomic mass is 16.7. The molecule has 0 radical (unpaired) electrons. The van der Waals surface area contributed by atoms with Crippen LogP contribution in [0, 0.1) is 5.41 Å². The highest BCUT2D eigenvalue weighted by molar-refractivity contribution is 5.68. The molecule has 1 heterocycles. The molecule has 1 fully saturated rings. The Hall–Kier alpha value is -1.40. The molecule has 0 saturated carbocycles. The highest BCUT2D eigenvalue weighted by Gasteiger charge is 2.41. The van der Waals surface area contributed by atoms with Gasteiger partial charge in [-0.25, -0.2) is 0 Å². The summed E-state index contributed by atoms with van der Waals surface area (Å²) in [7, 11) is 0. The molecular weight excluding hydrogens is 426 g/mol. The minimum atomic E-state index is -0.421. The van der Waals surface area contributed by atoms with Crippen LogP contribution >= 0.6 is 0 Å². The van der Waals surface area contributed by atoms with Crippen molar-refractivity contribution in [2.24, 2.45) is 5.41 Å². The Labute approximate surface area is 207 Å². The normalized spacial score (nSPS) is 20.3. The summed E-state index contributed by atoms with van der Waals surface area (Å²) in [5.41, 5.74) is 3.70. The Morgan fingerprint density at radius 2 is 1.38 bits per heavy atom. The van der Waals surface area contributed by atoms with E-state index in [0.29, 0.717) is 13.2 Å². The highest BCUT2D eigenvalue weighted by Crippen LogP contribution is 2.41. The molecule has 1 spiro atoms. The van der Waals surface area contributed by atoms with E-state index in [9.17, 15) is 0 Å². The molecule has 1 aliphatic carbocycles. The third-order valence-corrected chi connectivity index (χ3v) is 6.28. The summed E-state index contributed by atoms with van der Waals surface area (Å²) in [6, 6.07) is 8.94. The molecule has 3 rings (SSSR count). The Morgan fingerprint density at radius 3 is 1.82 bits per heavy atom. The van der Waals surface area contributed by atoms with Crippen LogP contribution in [0.15, 0.2) is 30.3 Å². The van der Waals surface area contributed by atoms with Crippen molar-refractivity contribution in [1.29, 1.82) is 0 Å². The number of rotatable bonds is 8. The van der Waals surface area contributed by atoms with E-state index in [1.807, 2.05) is 0 Å². The molecular formula is C29H47NO4. The lowest BCUT2D eigenvalue weighted by molar-refractivity contribution is -0.300. The van der Waals surface area contributed by atoms with Gasteiger partial charge in [0.15, 0.2) is 5.79 Å². The standard InChI is InChI=1S/C29H47NO4/c1-26(2,3)31-19-17-30(18-20-32-27(4,5)6)25-11-9-23(10-12-25)24-13-15-29(16-14-24)33-21-28(7,8)22-34-29/h9-13H,14-22H2,1-8H3. The number of ether oxygens (including phenoxy) is 4. The minimum Gasteiger partial charge on any atom is -0.374 e. The van der Waals surface area contributed by atoms with Crippen LogP contribution in [-0.4, -0.2) is 56.5 Å². The zero-order valence-corrected chi connectivity index (χ0v) is 22.8. The molecule has 0 atom stereocenters. The van der Waals surface area contributed by atoms with E-state index in [4.69, 9.17) is 18.9 Å². The van der Waals surface area contributed by atoms with E-state index in [1.165, 1.54) is 16.8 Å². The van der Waals surface area contributed by atoms with Crippen molar-refractivity contribution in [2.75, 3.05) is 44.4 Å². The van der Waals surface area contributed by atoms with Crippen molar-refractivity contribution in [3.05, 3.63) is 35.9 Å². The maximum absolute atomic E-state index is 6.18. The Morgan fingerprint density at radius 1 is 0.853 bits per heavy atom. The van der Waals surface area contributed by atoms with Crippen LogP contribution in [-0.2, 0) is 18.9 Å². The van der Waals surface area contributed by atoms with Gasteiger partial charge in [0, 0.05) is 37.0 Å². The molecule has 5 heteroatoms. The molecule has 2 aliphatic rings. The molecule has 0 amide bonds. The average Bonchev–Trinajstić information content (AvgIpc) is 2.74. The lowest BCUT2D eigenvalue weighted by atomic mass is 9.87. The average molecular weight is 474 g/mol. The Balaban J connectivity index is 1.63. The van der Waals surface area contributed by atoms with Crippen LogP contribution in [0.5, 0.6) is 0 Å². The zero-order valence-electron chi connectivity index (χ0n) is 22.8. The van der Waals surface area contributed by atoms with Crippen LogP contribution in [0.25, 0.3) is 5.57 Å². The van der Waals surface area contributed by atoms with Crippen molar-refractivity contribution in [3.63, 3.8) is 0 Å². The molecule has 34 heavy (non-hydrogen) atoms. The van der Waals surface area contributed by atoms with E-state index < -0.39 is 5.79 Å². The maximum atomic E-state index is 6.18. The van der Waals surface area contributed by atoms with Crippen molar-refractivity contribution < 1.29 is 18.9 Å². The summed E-state index contributed by atoms with van der Waals surface area (Å²) < 4.78 is 24.4. The van der Waals surface area contributed by atoms with Gasteiger partial charge in [-0.15, -0.1) is 0 Å². The van der Waals surface area contributed by atoms with Crippen LogP contribution < -0.4 is 4.90 Å². The van der Waals surface area contributed by atoms with Crippen molar-refractivity contribution >= 4 is 11.3 Å². The molecule has 1 saturated heterocycles. The van der Waals surface area contributed by atoms with Gasteiger partial charge in [-0.3, -0.25) is 0 Å². The monoisotopic (exact) mass is 473 g/mol. The summed E-state index contributed by atoms with van der Waals surface area (Å²) in [4.78, 5) is 2.36. The number of hydrogen-bond donors (Lipinski definition) is 0. The van der Waals surface area contributed by atoms with E-state index in [0.717, 1.165) is 45.6 Å². The molecule has 1 aromatic carbocycles. The van der Waals surface area contributed by atoms with Gasteiger partial charge in [0.1, 0.15) is 0 Å². The molecule has 0 aromatic heterocycles. The number of allylic oxidation sites excluding steroid dienone is 1. The molecule has 1 aliphatic heterocycles. The molecule has 0 N–H and O–H groups in total. The summed E-state index contributed by atoms with van der Waals surface area (Å²) in [5, 5.41) is 0. The van der Waals surface area contributed by atoms with Crippen molar-refractivity contribution in [1.82, 2.24) is 0 Å². The molecule has 1 aromatic rings. The van der Waals surface area contributed by atoms with Gasteiger partial charge < -0.3 is 23.8 Å². The second kappa shape index (κ2) is 10.7. The van der Waals surface area contributed by atoms with E-state index in [1.54, 1.807) is 0 Å². The number of hydrogen-bond acceptors (Lipinski definition) is 5. The SMILES string of the molecule is CC1(C)COC2(CC=C(c3ccc(N(CCOC(C)(C)C)CCOC(C)(C)C)cc3)CC2)OC1. The summed E-state index contributed by atoms with van der Waals surface area (Å²) in [6.07, 6.45) is 5.02. The summed E-state index contributed by atoms with van der Waals surface area (Å²) in [6.45, 7) is 21.5. The van der Waals surface area contributed by atoms with Crippen LogP contribution in [0.2, 0.25) is 0 Å².